The Bertz CT molecular complexity index is 1420. The molecule has 0 radical (unpaired) electrons. The normalized spacial score (nSPS) is 15.3. The Morgan fingerprint density at radius 2 is 1.74 bits per heavy atom. The van der Waals surface area contributed by atoms with Gasteiger partial charge >= 0.3 is 0 Å². The van der Waals surface area contributed by atoms with Crippen LogP contribution in [0.4, 0.5) is 5.69 Å². The Balaban J connectivity index is 1.33. The van der Waals surface area contributed by atoms with E-state index >= 15 is 0 Å². The number of unbranched alkanes of at least 4 members (excludes halogenated alkanes) is 1. The maximum Gasteiger partial charge on any atom is 0.227 e. The number of benzene rings is 3. The highest BCUT2D eigenvalue weighted by Crippen LogP contribution is 2.39. The molecular formula is C31H35N3O4. The molecule has 1 saturated heterocycles. The lowest BCUT2D eigenvalue weighted by Crippen LogP contribution is -2.25. The van der Waals surface area contributed by atoms with E-state index in [4.69, 9.17) is 19.2 Å². The van der Waals surface area contributed by atoms with Crippen LogP contribution >= 0.6 is 0 Å². The summed E-state index contributed by atoms with van der Waals surface area (Å²) in [5.41, 5.74) is 5.11. The minimum atomic E-state index is -0.0170. The molecule has 0 N–H and O–H groups in total. The van der Waals surface area contributed by atoms with Gasteiger partial charge in [0.2, 0.25) is 5.91 Å². The molecule has 0 bridgehead atoms. The van der Waals surface area contributed by atoms with Crippen molar-refractivity contribution in [2.75, 3.05) is 32.3 Å². The molecule has 1 fully saturated rings. The standard InChI is InChI=1S/C31H35N3O4/c1-21-10-9-11-22(2)30(21)38-17-8-7-16-33-26-13-6-5-12-25(26)32-31(33)23-18-29(35)34(20-23)27-19-24(36-3)14-15-28(27)37-4/h5-6,9-15,19,23H,7-8,16-18,20H2,1-4H3. The third-order valence-corrected chi connectivity index (χ3v) is 7.28. The number of anilines is 1. The highest BCUT2D eigenvalue weighted by Gasteiger charge is 2.36. The van der Waals surface area contributed by atoms with Gasteiger partial charge in [-0.3, -0.25) is 4.79 Å². The van der Waals surface area contributed by atoms with Crippen molar-refractivity contribution in [1.29, 1.82) is 0 Å². The summed E-state index contributed by atoms with van der Waals surface area (Å²) in [6.07, 6.45) is 2.28. The minimum Gasteiger partial charge on any atom is -0.497 e. The largest absolute Gasteiger partial charge is 0.497 e. The number of hydrogen-bond acceptors (Lipinski definition) is 5. The van der Waals surface area contributed by atoms with Gasteiger partial charge in [0.15, 0.2) is 0 Å². The molecular weight excluding hydrogens is 478 g/mol. The number of carbonyl (C=O) groups is 1. The average molecular weight is 514 g/mol. The van der Waals surface area contributed by atoms with Gasteiger partial charge in [-0.2, -0.15) is 0 Å². The smallest absolute Gasteiger partial charge is 0.227 e. The van der Waals surface area contributed by atoms with Crippen molar-refractivity contribution in [2.24, 2.45) is 0 Å². The predicted octanol–water partition coefficient (Wildman–Crippen LogP) is 6.05. The van der Waals surface area contributed by atoms with Crippen LogP contribution in [-0.2, 0) is 11.3 Å². The summed E-state index contributed by atoms with van der Waals surface area (Å²) in [6, 6.07) is 20.0. The van der Waals surface area contributed by atoms with Crippen molar-refractivity contribution in [3.05, 3.63) is 77.6 Å². The van der Waals surface area contributed by atoms with E-state index in [1.165, 1.54) is 0 Å². The van der Waals surface area contributed by atoms with Crippen molar-refractivity contribution >= 4 is 22.6 Å². The van der Waals surface area contributed by atoms with Crippen LogP contribution in [0.25, 0.3) is 11.0 Å². The molecule has 0 aliphatic carbocycles. The lowest BCUT2D eigenvalue weighted by Gasteiger charge is -2.20. The summed E-state index contributed by atoms with van der Waals surface area (Å²) in [7, 11) is 3.24. The Hall–Kier alpha value is -4.00. The van der Waals surface area contributed by atoms with Crippen LogP contribution in [0, 0.1) is 13.8 Å². The molecule has 5 rings (SSSR count). The second kappa shape index (κ2) is 11.2. The second-order valence-electron chi connectivity index (χ2n) is 9.83. The topological polar surface area (TPSA) is 65.8 Å². The fraction of sp³-hybridized carbons (Fsp3) is 0.355. The number of fused-ring (bicyclic) bond motifs is 1. The van der Waals surface area contributed by atoms with Crippen LogP contribution in [0.15, 0.2) is 60.7 Å². The Kier molecular flexibility index (Phi) is 7.54. The van der Waals surface area contributed by atoms with Crippen LogP contribution in [0.2, 0.25) is 0 Å². The highest BCUT2D eigenvalue weighted by atomic mass is 16.5. The number of carbonyl (C=O) groups excluding carboxylic acids is 1. The number of methoxy groups -OCH3 is 2. The second-order valence-corrected chi connectivity index (χ2v) is 9.83. The van der Waals surface area contributed by atoms with Crippen molar-refractivity contribution < 1.29 is 19.0 Å². The van der Waals surface area contributed by atoms with Crippen molar-refractivity contribution in [3.63, 3.8) is 0 Å². The van der Waals surface area contributed by atoms with Gasteiger partial charge in [-0.05, 0) is 62.1 Å². The van der Waals surface area contributed by atoms with E-state index in [2.05, 4.69) is 42.7 Å². The lowest BCUT2D eigenvalue weighted by molar-refractivity contribution is -0.117. The first-order chi connectivity index (χ1) is 18.5. The molecule has 1 aliphatic rings. The molecule has 4 aromatic rings. The van der Waals surface area contributed by atoms with Crippen LogP contribution in [-0.4, -0.2) is 42.8 Å². The summed E-state index contributed by atoms with van der Waals surface area (Å²) in [4.78, 5) is 20.0. The van der Waals surface area contributed by atoms with E-state index in [0.29, 0.717) is 31.1 Å². The molecule has 2 heterocycles. The summed E-state index contributed by atoms with van der Waals surface area (Å²) in [5.74, 6) is 3.32. The van der Waals surface area contributed by atoms with Gasteiger partial charge < -0.3 is 23.7 Å². The first-order valence-electron chi connectivity index (χ1n) is 13.2. The number of hydrogen-bond donors (Lipinski definition) is 0. The van der Waals surface area contributed by atoms with Crippen LogP contribution in [0.3, 0.4) is 0 Å². The van der Waals surface area contributed by atoms with Gasteiger partial charge in [0.25, 0.3) is 0 Å². The number of amides is 1. The number of aromatic nitrogens is 2. The predicted molar refractivity (Wildman–Crippen MR) is 150 cm³/mol. The number of imidazole rings is 1. The summed E-state index contributed by atoms with van der Waals surface area (Å²) in [6.45, 7) is 6.19. The van der Waals surface area contributed by atoms with E-state index in [1.807, 2.05) is 36.4 Å². The van der Waals surface area contributed by atoms with Gasteiger partial charge in [0.05, 0.1) is 37.5 Å². The van der Waals surface area contributed by atoms with Crippen molar-refractivity contribution in [3.8, 4) is 17.2 Å². The zero-order valence-electron chi connectivity index (χ0n) is 22.6. The highest BCUT2D eigenvalue weighted by molar-refractivity contribution is 5.98. The quantitative estimate of drug-likeness (QED) is 0.242. The summed E-state index contributed by atoms with van der Waals surface area (Å²) < 4.78 is 19.4. The SMILES string of the molecule is COc1ccc(OC)c(N2CC(c3nc4ccccc4n3CCCCOc3c(C)cccc3C)CC2=O)c1. The van der Waals surface area contributed by atoms with E-state index in [1.54, 1.807) is 19.1 Å². The Morgan fingerprint density at radius 3 is 2.50 bits per heavy atom. The van der Waals surface area contributed by atoms with Gasteiger partial charge in [-0.15, -0.1) is 0 Å². The molecule has 3 aromatic carbocycles. The Labute approximate surface area is 224 Å². The Morgan fingerprint density at radius 1 is 0.947 bits per heavy atom. The third-order valence-electron chi connectivity index (χ3n) is 7.28. The molecule has 0 spiro atoms. The molecule has 1 aromatic heterocycles. The van der Waals surface area contributed by atoms with Crippen molar-refractivity contribution in [1.82, 2.24) is 9.55 Å². The molecule has 1 unspecified atom stereocenters. The van der Waals surface area contributed by atoms with Crippen LogP contribution < -0.4 is 19.1 Å². The molecule has 1 atom stereocenters. The third kappa shape index (κ3) is 5.05. The first kappa shape index (κ1) is 25.6. The molecule has 198 valence electrons. The maximum absolute atomic E-state index is 13.2. The monoisotopic (exact) mass is 513 g/mol. The zero-order chi connectivity index (χ0) is 26.6. The number of rotatable bonds is 10. The van der Waals surface area contributed by atoms with E-state index in [-0.39, 0.29) is 11.8 Å². The van der Waals surface area contributed by atoms with Gasteiger partial charge in [-0.1, -0.05) is 30.3 Å². The van der Waals surface area contributed by atoms with Crippen LogP contribution in [0.1, 0.15) is 42.1 Å². The minimum absolute atomic E-state index is 0.0170. The maximum atomic E-state index is 13.2. The molecule has 0 saturated carbocycles. The van der Waals surface area contributed by atoms with Crippen LogP contribution in [0.5, 0.6) is 17.2 Å². The summed E-state index contributed by atoms with van der Waals surface area (Å²) >= 11 is 0. The molecule has 1 amide bonds. The molecule has 38 heavy (non-hydrogen) atoms. The van der Waals surface area contributed by atoms with Gasteiger partial charge in [0.1, 0.15) is 23.1 Å². The average Bonchev–Trinajstić information content (AvgIpc) is 3.49. The number of ether oxygens (including phenoxy) is 3. The number of para-hydroxylation sites is 3. The van der Waals surface area contributed by atoms with Crippen molar-refractivity contribution in [2.45, 2.75) is 45.6 Å². The zero-order valence-corrected chi connectivity index (χ0v) is 22.6. The van der Waals surface area contributed by atoms with E-state index < -0.39 is 0 Å². The van der Waals surface area contributed by atoms with E-state index in [0.717, 1.165) is 58.8 Å². The number of nitrogens with zero attached hydrogens (tertiary/aromatic N) is 3. The first-order valence-corrected chi connectivity index (χ1v) is 13.2. The van der Waals surface area contributed by atoms with E-state index in [9.17, 15) is 4.79 Å². The fourth-order valence-corrected chi connectivity index (χ4v) is 5.33. The number of aryl methyl sites for hydroxylation is 3. The fourth-order valence-electron chi connectivity index (χ4n) is 5.33. The molecule has 7 heteroatoms. The molecule has 1 aliphatic heterocycles. The lowest BCUT2D eigenvalue weighted by atomic mass is 10.1. The molecule has 7 nitrogen and oxygen atoms in total. The summed E-state index contributed by atoms with van der Waals surface area (Å²) in [5, 5.41) is 0. The van der Waals surface area contributed by atoms with Gasteiger partial charge in [-0.25, -0.2) is 4.98 Å². The van der Waals surface area contributed by atoms with Gasteiger partial charge in [0, 0.05) is 31.5 Å².